The summed E-state index contributed by atoms with van der Waals surface area (Å²) in [6.07, 6.45) is 7.53. The number of carbonyl (C=O) groups is 1. The summed E-state index contributed by atoms with van der Waals surface area (Å²) in [4.78, 5) is 18.2. The molecule has 1 saturated heterocycles. The number of allylic oxidation sites excluding steroid dienone is 1. The van der Waals surface area contributed by atoms with Crippen LogP contribution in [-0.4, -0.2) is 42.1 Å². The van der Waals surface area contributed by atoms with Crippen molar-refractivity contribution in [2.75, 3.05) is 13.1 Å². The molecule has 2 heterocycles. The van der Waals surface area contributed by atoms with E-state index in [1.807, 2.05) is 39.3 Å². The van der Waals surface area contributed by atoms with Crippen molar-refractivity contribution >= 4 is 12.3 Å². The van der Waals surface area contributed by atoms with Gasteiger partial charge < -0.3 is 15.0 Å². The fourth-order valence-corrected chi connectivity index (χ4v) is 2.36. The maximum absolute atomic E-state index is 11.9. The lowest BCUT2D eigenvalue weighted by molar-refractivity contribution is 0.0172. The second-order valence-corrected chi connectivity index (χ2v) is 6.07. The molecule has 1 N–H and O–H groups in total. The number of piperidine rings is 1. The van der Waals surface area contributed by atoms with Crippen LogP contribution in [0.25, 0.3) is 0 Å². The first-order chi connectivity index (χ1) is 8.96. The third-order valence-corrected chi connectivity index (χ3v) is 3.33. The van der Waals surface area contributed by atoms with Crippen LogP contribution in [0.2, 0.25) is 0 Å². The summed E-state index contributed by atoms with van der Waals surface area (Å²) in [5.74, 6) is 0.486. The molecule has 1 atom stereocenters. The van der Waals surface area contributed by atoms with Gasteiger partial charge in [-0.2, -0.15) is 0 Å². The molecule has 1 amide bonds. The lowest BCUT2D eigenvalue weighted by atomic mass is 9.94. The molecule has 5 nitrogen and oxygen atoms in total. The fraction of sp³-hybridized carbons (Fsp3) is 0.714. The predicted octanol–water partition coefficient (Wildman–Crippen LogP) is 2.15. The van der Waals surface area contributed by atoms with Crippen molar-refractivity contribution in [3.05, 3.63) is 12.3 Å². The number of nitrogens with one attached hydrogen (secondary N) is 1. The molecule has 0 aromatic carbocycles. The number of likely N-dealkylation sites (tertiary alicyclic amines) is 1. The molecule has 106 valence electrons. The van der Waals surface area contributed by atoms with Crippen LogP contribution in [0.3, 0.4) is 0 Å². The standard InChI is InChI=1S/C14H23N3O2/c1-14(2,3)19-13(18)17-9-5-11(6-10-17)12-15-7-4-8-16-12/h4,7-8,11-12,15H,5-6,9-10H2,1-3H3. The molecule has 0 aromatic rings. The van der Waals surface area contributed by atoms with Crippen LogP contribution in [0.1, 0.15) is 33.6 Å². The Balaban J connectivity index is 1.80. The van der Waals surface area contributed by atoms with Gasteiger partial charge in [0.05, 0.1) is 0 Å². The zero-order chi connectivity index (χ0) is 13.9. The quantitative estimate of drug-likeness (QED) is 0.790. The Hall–Kier alpha value is -1.52. The minimum atomic E-state index is -0.423. The van der Waals surface area contributed by atoms with Crippen LogP contribution >= 0.6 is 0 Å². The van der Waals surface area contributed by atoms with Gasteiger partial charge in [-0.25, -0.2) is 4.79 Å². The maximum Gasteiger partial charge on any atom is 0.410 e. The average Bonchev–Trinajstić information content (AvgIpc) is 2.38. The summed E-state index contributed by atoms with van der Waals surface area (Å²) in [6.45, 7) is 7.17. The zero-order valence-electron chi connectivity index (χ0n) is 11.9. The van der Waals surface area contributed by atoms with Gasteiger partial charge in [-0.1, -0.05) is 0 Å². The largest absolute Gasteiger partial charge is 0.444 e. The highest BCUT2D eigenvalue weighted by atomic mass is 16.6. The maximum atomic E-state index is 11.9. The van der Waals surface area contributed by atoms with Gasteiger partial charge in [0.1, 0.15) is 11.8 Å². The first-order valence-electron chi connectivity index (χ1n) is 6.88. The molecule has 2 aliphatic heterocycles. The Morgan fingerprint density at radius 2 is 2.05 bits per heavy atom. The molecular weight excluding hydrogens is 242 g/mol. The van der Waals surface area contributed by atoms with Gasteiger partial charge >= 0.3 is 6.09 Å². The highest BCUT2D eigenvalue weighted by Crippen LogP contribution is 2.23. The second-order valence-electron chi connectivity index (χ2n) is 6.07. The Morgan fingerprint density at radius 3 is 2.58 bits per heavy atom. The van der Waals surface area contributed by atoms with E-state index < -0.39 is 5.60 Å². The molecule has 0 saturated carbocycles. The molecule has 2 rings (SSSR count). The lowest BCUT2D eigenvalue weighted by Crippen LogP contribution is -2.45. The molecule has 2 aliphatic rings. The van der Waals surface area contributed by atoms with Crippen LogP contribution in [0.5, 0.6) is 0 Å². The number of hydrogen-bond acceptors (Lipinski definition) is 4. The van der Waals surface area contributed by atoms with E-state index in [2.05, 4.69) is 10.3 Å². The van der Waals surface area contributed by atoms with Gasteiger partial charge in [-0.3, -0.25) is 4.99 Å². The van der Waals surface area contributed by atoms with Gasteiger partial charge in [0.2, 0.25) is 0 Å². The van der Waals surface area contributed by atoms with E-state index in [0.29, 0.717) is 5.92 Å². The Bertz CT molecular complexity index is 377. The fourth-order valence-electron chi connectivity index (χ4n) is 2.36. The van der Waals surface area contributed by atoms with E-state index >= 15 is 0 Å². The molecule has 0 radical (unpaired) electrons. The second kappa shape index (κ2) is 5.63. The van der Waals surface area contributed by atoms with Crippen LogP contribution < -0.4 is 5.32 Å². The monoisotopic (exact) mass is 265 g/mol. The number of carbonyl (C=O) groups excluding carboxylic acids is 1. The summed E-state index contributed by atoms with van der Waals surface area (Å²) >= 11 is 0. The number of aliphatic imine (C=N–C) groups is 1. The van der Waals surface area contributed by atoms with Gasteiger partial charge in [-0.15, -0.1) is 0 Å². The third kappa shape index (κ3) is 3.98. The molecule has 0 aromatic heterocycles. The van der Waals surface area contributed by atoms with Crippen LogP contribution in [0, 0.1) is 5.92 Å². The SMILES string of the molecule is CC(C)(C)OC(=O)N1CCC(C2N=CC=CN2)CC1. The highest BCUT2D eigenvalue weighted by Gasteiger charge is 2.30. The van der Waals surface area contributed by atoms with Gasteiger partial charge in [0, 0.05) is 25.2 Å². The summed E-state index contributed by atoms with van der Waals surface area (Å²) < 4.78 is 5.39. The summed E-state index contributed by atoms with van der Waals surface area (Å²) in [5.41, 5.74) is -0.423. The minimum Gasteiger partial charge on any atom is -0.444 e. The highest BCUT2D eigenvalue weighted by molar-refractivity contribution is 5.72. The number of hydrogen-bond donors (Lipinski definition) is 1. The lowest BCUT2D eigenvalue weighted by Gasteiger charge is -2.35. The zero-order valence-corrected chi connectivity index (χ0v) is 11.9. The molecule has 0 spiro atoms. The van der Waals surface area contributed by atoms with Crippen LogP contribution in [0.15, 0.2) is 17.3 Å². The molecule has 1 fully saturated rings. The molecule has 1 unspecified atom stereocenters. The third-order valence-electron chi connectivity index (χ3n) is 3.33. The molecule has 5 heteroatoms. The normalized spacial score (nSPS) is 24.2. The van der Waals surface area contributed by atoms with Crippen molar-refractivity contribution in [2.24, 2.45) is 10.9 Å². The summed E-state index contributed by atoms with van der Waals surface area (Å²) in [5, 5.41) is 3.26. The van der Waals surface area contributed by atoms with Crippen molar-refractivity contribution < 1.29 is 9.53 Å². The van der Waals surface area contributed by atoms with Crippen molar-refractivity contribution in [1.82, 2.24) is 10.2 Å². The Labute approximate surface area is 114 Å². The van der Waals surface area contributed by atoms with Crippen molar-refractivity contribution in [2.45, 2.75) is 45.4 Å². The first-order valence-corrected chi connectivity index (χ1v) is 6.88. The Morgan fingerprint density at radius 1 is 1.37 bits per heavy atom. The van der Waals surface area contributed by atoms with Crippen LogP contribution in [0.4, 0.5) is 4.79 Å². The smallest absolute Gasteiger partial charge is 0.410 e. The summed E-state index contributed by atoms with van der Waals surface area (Å²) in [6, 6.07) is 0. The van der Waals surface area contributed by atoms with E-state index in [9.17, 15) is 4.79 Å². The van der Waals surface area contributed by atoms with E-state index in [1.54, 1.807) is 4.90 Å². The van der Waals surface area contributed by atoms with Gasteiger partial charge in [0.25, 0.3) is 0 Å². The summed E-state index contributed by atoms with van der Waals surface area (Å²) in [7, 11) is 0. The molecule has 19 heavy (non-hydrogen) atoms. The predicted molar refractivity (Wildman–Crippen MR) is 75.1 cm³/mol. The van der Waals surface area contributed by atoms with Crippen molar-refractivity contribution in [1.29, 1.82) is 0 Å². The molecule has 0 bridgehead atoms. The number of rotatable bonds is 1. The molecular formula is C14H23N3O2. The van der Waals surface area contributed by atoms with Crippen molar-refractivity contribution in [3.63, 3.8) is 0 Å². The van der Waals surface area contributed by atoms with E-state index in [1.165, 1.54) is 0 Å². The van der Waals surface area contributed by atoms with E-state index in [4.69, 9.17) is 4.74 Å². The Kier molecular flexibility index (Phi) is 4.12. The average molecular weight is 265 g/mol. The number of amides is 1. The first kappa shape index (κ1) is 13.9. The topological polar surface area (TPSA) is 53.9 Å². The number of ether oxygens (including phenoxy) is 1. The van der Waals surface area contributed by atoms with Gasteiger partial charge in [-0.05, 0) is 45.9 Å². The van der Waals surface area contributed by atoms with Gasteiger partial charge in [0.15, 0.2) is 0 Å². The number of nitrogens with zero attached hydrogens (tertiary/aromatic N) is 2. The minimum absolute atomic E-state index is 0.158. The van der Waals surface area contributed by atoms with Crippen molar-refractivity contribution in [3.8, 4) is 0 Å². The molecule has 0 aliphatic carbocycles. The van der Waals surface area contributed by atoms with Crippen LogP contribution in [-0.2, 0) is 4.74 Å². The van der Waals surface area contributed by atoms with E-state index in [-0.39, 0.29) is 12.3 Å². The van der Waals surface area contributed by atoms with E-state index in [0.717, 1.165) is 25.9 Å².